The molecule has 0 aliphatic heterocycles. The van der Waals surface area contributed by atoms with Crippen LogP contribution in [0.2, 0.25) is 0 Å². The number of benzene rings is 2. The largest absolute Gasteiger partial charge is 3.00 e. The van der Waals surface area contributed by atoms with E-state index < -0.39 is 12.0 Å². The molecule has 0 saturated heterocycles. The fraction of sp³-hybridized carbons (Fsp3) is 0.235. The molecule has 0 amide bonds. The number of carboxylic acid groups (broad SMARTS) is 1. The van der Waals surface area contributed by atoms with Crippen molar-refractivity contribution in [3.8, 4) is 11.5 Å². The monoisotopic (exact) mass is 369 g/mol. The zero-order valence-electron chi connectivity index (χ0n) is 12.8. The van der Waals surface area contributed by atoms with Crippen LogP contribution in [0.3, 0.4) is 0 Å². The van der Waals surface area contributed by atoms with Crippen molar-refractivity contribution in [2.45, 2.75) is 12.6 Å². The van der Waals surface area contributed by atoms with Crippen LogP contribution in [0.5, 0.6) is 11.5 Å². The Labute approximate surface area is 151 Å². The molecule has 0 aliphatic carbocycles. The first-order valence-electron chi connectivity index (χ1n) is 7.25. The maximum Gasteiger partial charge on any atom is 3.00 e. The molecule has 24 heavy (non-hydrogen) atoms. The van der Waals surface area contributed by atoms with E-state index >= 15 is 0 Å². The van der Waals surface area contributed by atoms with E-state index in [1.54, 1.807) is 30.3 Å². The van der Waals surface area contributed by atoms with Crippen LogP contribution in [0.1, 0.15) is 17.2 Å². The van der Waals surface area contributed by atoms with Gasteiger partial charge >= 0.3 is 17.1 Å². The molecular formula is C17H17FeN2O4. The average molecular weight is 369 g/mol. The summed E-state index contributed by atoms with van der Waals surface area (Å²) in [7, 11) is 0. The van der Waals surface area contributed by atoms with Crippen molar-refractivity contribution in [1.82, 2.24) is 10.6 Å². The Morgan fingerprint density at radius 1 is 0.958 bits per heavy atom. The second-order valence-electron chi connectivity index (χ2n) is 5.03. The minimum absolute atomic E-state index is 0. The van der Waals surface area contributed by atoms with Crippen molar-refractivity contribution in [2.24, 2.45) is 0 Å². The summed E-state index contributed by atoms with van der Waals surface area (Å²) in [6, 6.07) is 11.5. The van der Waals surface area contributed by atoms with Gasteiger partial charge in [0, 0.05) is 19.6 Å². The number of aliphatic carboxylic acids is 1. The number of nitrogens with one attached hydrogen (secondary N) is 2. The minimum atomic E-state index is -1.35. The summed E-state index contributed by atoms with van der Waals surface area (Å²) in [5, 5.41) is 40.3. The predicted molar refractivity (Wildman–Crippen MR) is 79.2 cm³/mol. The molecule has 127 valence electrons. The van der Waals surface area contributed by atoms with Gasteiger partial charge in [-0.2, -0.15) is 0 Å². The number of carbonyl (C=O) groups excluding carboxylic acids is 1. The maximum atomic E-state index is 11.7. The van der Waals surface area contributed by atoms with Gasteiger partial charge in [-0.05, 0) is 11.1 Å². The number of para-hydroxylation sites is 2. The second-order valence-corrected chi connectivity index (χ2v) is 5.03. The average Bonchev–Trinajstić information content (AvgIpc) is 2.53. The van der Waals surface area contributed by atoms with Crippen LogP contribution < -0.4 is 26.0 Å². The maximum absolute atomic E-state index is 11.7. The second kappa shape index (κ2) is 9.95. The molecular weight excluding hydrogens is 352 g/mol. The molecule has 2 aromatic rings. The van der Waals surface area contributed by atoms with Crippen molar-refractivity contribution >= 4 is 5.97 Å². The molecule has 0 aliphatic rings. The van der Waals surface area contributed by atoms with E-state index in [1.807, 2.05) is 0 Å². The van der Waals surface area contributed by atoms with E-state index in [4.69, 9.17) is 0 Å². The first-order valence-corrected chi connectivity index (χ1v) is 7.25. The van der Waals surface area contributed by atoms with E-state index in [0.717, 1.165) is 0 Å². The van der Waals surface area contributed by atoms with E-state index in [-0.39, 0.29) is 34.1 Å². The van der Waals surface area contributed by atoms with E-state index in [1.165, 1.54) is 18.2 Å². The van der Waals surface area contributed by atoms with E-state index in [2.05, 4.69) is 10.6 Å². The Bertz CT molecular complexity index is 667. The Kier molecular flexibility index (Phi) is 8.29. The van der Waals surface area contributed by atoms with Gasteiger partial charge in [-0.25, -0.2) is 0 Å². The molecule has 0 bridgehead atoms. The first kappa shape index (κ1) is 20.0. The SMILES string of the molecule is O=C([O-])C(NCCNCc1ccccc1[O-])c1ccccc1[O-].[Fe+3]. The standard InChI is InChI=1S/C17H20N2O4.Fe/c20-14-7-3-1-5-12(14)11-18-9-10-19-16(17(22)23)13-6-2-4-8-15(13)21;/h1-8,16,18-21H,9-11H2,(H,22,23);/q;+3/p-3. The molecule has 0 heterocycles. The molecule has 0 aromatic heterocycles. The van der Waals surface area contributed by atoms with Crippen molar-refractivity contribution < 1.29 is 37.2 Å². The Morgan fingerprint density at radius 2 is 1.58 bits per heavy atom. The van der Waals surface area contributed by atoms with E-state index in [9.17, 15) is 20.1 Å². The van der Waals surface area contributed by atoms with Gasteiger partial charge in [0.05, 0.1) is 12.0 Å². The van der Waals surface area contributed by atoms with Crippen LogP contribution in [-0.2, 0) is 28.4 Å². The number of hydrogen-bond acceptors (Lipinski definition) is 6. The van der Waals surface area contributed by atoms with Crippen molar-refractivity contribution in [3.63, 3.8) is 0 Å². The van der Waals surface area contributed by atoms with Gasteiger partial charge in [-0.1, -0.05) is 48.5 Å². The number of carboxylic acids is 1. The summed E-state index contributed by atoms with van der Waals surface area (Å²) in [5.74, 6) is -1.73. The van der Waals surface area contributed by atoms with Gasteiger partial charge < -0.3 is 30.7 Å². The number of rotatable bonds is 8. The fourth-order valence-electron chi connectivity index (χ4n) is 2.22. The van der Waals surface area contributed by atoms with Crippen molar-refractivity contribution in [1.29, 1.82) is 0 Å². The van der Waals surface area contributed by atoms with Crippen LogP contribution >= 0.6 is 0 Å². The molecule has 1 unspecified atom stereocenters. The molecule has 2 rings (SSSR count). The fourth-order valence-corrected chi connectivity index (χ4v) is 2.22. The predicted octanol–water partition coefficient (Wildman–Crippen LogP) is -0.998. The zero-order valence-corrected chi connectivity index (χ0v) is 13.9. The normalized spacial score (nSPS) is 11.5. The smallest absolute Gasteiger partial charge is 0.872 e. The number of carbonyl (C=O) groups is 1. The van der Waals surface area contributed by atoms with Crippen LogP contribution in [-0.4, -0.2) is 19.1 Å². The summed E-state index contributed by atoms with van der Waals surface area (Å²) < 4.78 is 0. The molecule has 7 heteroatoms. The van der Waals surface area contributed by atoms with Crippen LogP contribution in [0.4, 0.5) is 0 Å². The Balaban J connectivity index is 0.00000288. The van der Waals surface area contributed by atoms with Gasteiger partial charge in [0.25, 0.3) is 0 Å². The molecule has 2 N–H and O–H groups in total. The third kappa shape index (κ3) is 5.54. The van der Waals surface area contributed by atoms with E-state index in [0.29, 0.717) is 25.2 Å². The summed E-state index contributed by atoms with van der Waals surface area (Å²) >= 11 is 0. The molecule has 0 spiro atoms. The van der Waals surface area contributed by atoms with Crippen molar-refractivity contribution in [2.75, 3.05) is 13.1 Å². The summed E-state index contributed by atoms with van der Waals surface area (Å²) in [4.78, 5) is 11.2. The van der Waals surface area contributed by atoms with Gasteiger partial charge in [0.2, 0.25) is 0 Å². The van der Waals surface area contributed by atoms with Crippen molar-refractivity contribution in [3.05, 3.63) is 59.7 Å². The molecule has 6 nitrogen and oxygen atoms in total. The molecule has 0 fully saturated rings. The van der Waals surface area contributed by atoms with Gasteiger partial charge in [-0.3, -0.25) is 0 Å². The molecule has 2 aromatic carbocycles. The van der Waals surface area contributed by atoms with Crippen LogP contribution in [0.25, 0.3) is 0 Å². The first-order chi connectivity index (χ1) is 11.1. The minimum Gasteiger partial charge on any atom is -0.872 e. The Hall–Kier alpha value is -2.05. The topological polar surface area (TPSA) is 110 Å². The molecule has 1 atom stereocenters. The van der Waals surface area contributed by atoms with Gasteiger partial charge in [0.1, 0.15) is 0 Å². The van der Waals surface area contributed by atoms with Gasteiger partial charge in [-0.15, -0.1) is 11.5 Å². The summed E-state index contributed by atoms with van der Waals surface area (Å²) in [6.45, 7) is 1.16. The molecule has 1 radical (unpaired) electrons. The third-order valence-corrected chi connectivity index (χ3v) is 3.40. The molecule has 0 saturated carbocycles. The van der Waals surface area contributed by atoms with Crippen LogP contribution in [0.15, 0.2) is 48.5 Å². The Morgan fingerprint density at radius 3 is 2.21 bits per heavy atom. The quantitative estimate of drug-likeness (QED) is 0.456. The number of hydrogen-bond donors (Lipinski definition) is 2. The summed E-state index contributed by atoms with van der Waals surface area (Å²) in [5.41, 5.74) is 0.797. The van der Waals surface area contributed by atoms with Gasteiger partial charge in [0.15, 0.2) is 0 Å². The summed E-state index contributed by atoms with van der Waals surface area (Å²) in [6.07, 6.45) is 0. The van der Waals surface area contributed by atoms with Crippen LogP contribution in [0, 0.1) is 0 Å². The zero-order chi connectivity index (χ0) is 16.7. The third-order valence-electron chi connectivity index (χ3n) is 3.40.